The Labute approximate surface area is 383 Å². The first-order valence-electron chi connectivity index (χ1n) is 19.0. The first-order valence-corrected chi connectivity index (χ1v) is 20.4. The number of nitrogens with one attached hydrogen (secondary N) is 1. The lowest BCUT2D eigenvalue weighted by Crippen LogP contribution is -2.39. The van der Waals surface area contributed by atoms with Crippen LogP contribution in [0.4, 0.5) is 0 Å². The standard InChI is InChI=1S/C7H11NO5.2C6H14N4O2.C5H10N2O3.C5H9NO4.C5H11NO2S/c1-4(9)8-5(7(12)13)2-3-6(10)11;2*7-4(5(11)12)2-1-3-10-6(8)9;2*6-3(5(9)10)1-2-4(7)8;1-9-3-2-4(6)5(7)8/h5H,2-3H2,1H3,(H,8,9)(H,10,11)(H,12,13);2*4H,1-3,7H2,(H,11,12)(H4,8,9,10);3H,1-2,6H2,(H2,7,8)(H,9,10);3H,1-2,6H2,(H,7,8)(H,9,10);4H,2-3,6H2,1H3,(H,7,8). The fraction of sp³-hybridized carbons (Fsp3) is 0.647. The number of guanidine groups is 2. The summed E-state index contributed by atoms with van der Waals surface area (Å²) in [7, 11) is 0. The Balaban J connectivity index is -0.000000164. The molecule has 32 heteroatoms. The number of carboxylic acid groups (broad SMARTS) is 8. The second-order valence-electron chi connectivity index (χ2n) is 12.9. The van der Waals surface area contributed by atoms with Crippen LogP contribution in [0.25, 0.3) is 0 Å². The smallest absolute Gasteiger partial charge is 0.326 e. The molecule has 0 saturated heterocycles. The highest BCUT2D eigenvalue weighted by Crippen LogP contribution is 1.99. The highest BCUT2D eigenvalue weighted by atomic mass is 32.2. The number of primary amides is 1. The normalized spacial score (nSPS) is 12.3. The Morgan fingerprint density at radius 3 is 1.03 bits per heavy atom. The van der Waals surface area contributed by atoms with E-state index < -0.39 is 95.8 Å². The first-order chi connectivity index (χ1) is 30.3. The molecular formula is C34H69N13O18S. The highest BCUT2D eigenvalue weighted by Gasteiger charge is 2.19. The van der Waals surface area contributed by atoms with Crippen LogP contribution < -0.4 is 62.7 Å². The van der Waals surface area contributed by atoms with E-state index in [0.717, 1.165) is 5.75 Å². The summed E-state index contributed by atoms with van der Waals surface area (Å²) in [6, 6.07) is -5.48. The Hall–Kier alpha value is -6.61. The van der Waals surface area contributed by atoms with E-state index in [2.05, 4.69) is 15.3 Å². The van der Waals surface area contributed by atoms with Crippen LogP contribution in [0.5, 0.6) is 0 Å². The number of amides is 2. The van der Waals surface area contributed by atoms with Gasteiger partial charge in [-0.05, 0) is 63.4 Å². The second-order valence-corrected chi connectivity index (χ2v) is 13.8. The number of carbonyl (C=O) groups excluding carboxylic acids is 2. The maximum absolute atomic E-state index is 10.5. The van der Waals surface area contributed by atoms with Crippen LogP contribution in [0.3, 0.4) is 0 Å². The van der Waals surface area contributed by atoms with E-state index in [-0.39, 0.29) is 50.4 Å². The van der Waals surface area contributed by atoms with E-state index in [4.69, 9.17) is 98.2 Å². The van der Waals surface area contributed by atoms with Gasteiger partial charge in [-0.3, -0.25) is 53.1 Å². The number of nitrogens with two attached hydrogens (primary N) is 10. The summed E-state index contributed by atoms with van der Waals surface area (Å²) in [6.45, 7) is 2.02. The van der Waals surface area contributed by atoms with Gasteiger partial charge < -0.3 is 104 Å². The molecule has 0 rings (SSSR count). The fourth-order valence-corrected chi connectivity index (χ4v) is 3.74. The first kappa shape index (κ1) is 71.0. The quantitative estimate of drug-likeness (QED) is 0.0207. The van der Waals surface area contributed by atoms with Gasteiger partial charge in [-0.2, -0.15) is 11.8 Å². The molecule has 6 atom stereocenters. The van der Waals surface area contributed by atoms with Crippen molar-refractivity contribution in [3.05, 3.63) is 0 Å². The average molecular weight is 980 g/mol. The van der Waals surface area contributed by atoms with Crippen molar-refractivity contribution >= 4 is 83.2 Å². The largest absolute Gasteiger partial charge is 0.481 e. The van der Waals surface area contributed by atoms with Gasteiger partial charge in [0.15, 0.2) is 11.9 Å². The molecule has 29 N–H and O–H groups in total. The Bertz CT molecular complexity index is 1460. The molecule has 0 aromatic rings. The molecule has 6 unspecified atom stereocenters. The van der Waals surface area contributed by atoms with Crippen molar-refractivity contribution in [3.63, 3.8) is 0 Å². The zero-order valence-corrected chi connectivity index (χ0v) is 37.4. The van der Waals surface area contributed by atoms with Crippen LogP contribution in [0, 0.1) is 0 Å². The minimum atomic E-state index is -1.23. The van der Waals surface area contributed by atoms with Crippen molar-refractivity contribution in [2.75, 3.05) is 25.1 Å². The number of rotatable bonds is 27. The summed E-state index contributed by atoms with van der Waals surface area (Å²) in [5.41, 5.74) is 50.6. The second kappa shape index (κ2) is 45.0. The van der Waals surface area contributed by atoms with Gasteiger partial charge in [-0.25, -0.2) is 4.79 Å². The summed E-state index contributed by atoms with van der Waals surface area (Å²) in [5.74, 6) is -8.71. The van der Waals surface area contributed by atoms with Crippen LogP contribution >= 0.6 is 11.8 Å². The lowest BCUT2D eigenvalue weighted by atomic mass is 10.1. The molecule has 2 amide bonds. The van der Waals surface area contributed by atoms with Crippen LogP contribution in [-0.4, -0.2) is 174 Å². The molecule has 0 heterocycles. The molecule has 0 aliphatic heterocycles. The van der Waals surface area contributed by atoms with Crippen molar-refractivity contribution < 1.29 is 88.8 Å². The molecule has 0 aromatic heterocycles. The van der Waals surface area contributed by atoms with Crippen LogP contribution in [0.15, 0.2) is 9.98 Å². The van der Waals surface area contributed by atoms with Crippen LogP contribution in [0.1, 0.15) is 77.6 Å². The Morgan fingerprint density at radius 1 is 0.470 bits per heavy atom. The molecule has 0 aliphatic carbocycles. The third-order valence-corrected chi connectivity index (χ3v) is 7.49. The topological polar surface area (TPSA) is 629 Å². The molecule has 0 aromatic carbocycles. The fourth-order valence-electron chi connectivity index (χ4n) is 3.25. The van der Waals surface area contributed by atoms with E-state index in [9.17, 15) is 47.9 Å². The summed E-state index contributed by atoms with van der Waals surface area (Å²) in [6.07, 6.45) is 3.90. The van der Waals surface area contributed by atoms with Gasteiger partial charge in [0.05, 0.1) is 0 Å². The maximum Gasteiger partial charge on any atom is 0.326 e. The molecule has 0 saturated carbocycles. The van der Waals surface area contributed by atoms with Gasteiger partial charge >= 0.3 is 47.8 Å². The van der Waals surface area contributed by atoms with Crippen LogP contribution in [-0.2, 0) is 47.9 Å². The van der Waals surface area contributed by atoms with E-state index in [1.165, 1.54) is 6.92 Å². The number of thioether (sulfide) groups is 1. The lowest BCUT2D eigenvalue weighted by Gasteiger charge is -2.10. The predicted molar refractivity (Wildman–Crippen MR) is 238 cm³/mol. The predicted octanol–water partition coefficient (Wildman–Crippen LogP) is -5.58. The molecule has 0 bridgehead atoms. The molecule has 66 heavy (non-hydrogen) atoms. The van der Waals surface area contributed by atoms with E-state index in [0.29, 0.717) is 45.2 Å². The molecule has 0 radical (unpaired) electrons. The number of hydrogen-bond acceptors (Lipinski definition) is 18. The van der Waals surface area contributed by atoms with E-state index >= 15 is 0 Å². The Morgan fingerprint density at radius 2 is 0.773 bits per heavy atom. The molecule has 0 fully saturated rings. The summed E-state index contributed by atoms with van der Waals surface area (Å²) in [4.78, 5) is 109. The zero-order valence-electron chi connectivity index (χ0n) is 36.6. The maximum atomic E-state index is 10.5. The van der Waals surface area contributed by atoms with Crippen molar-refractivity contribution in [2.45, 2.75) is 114 Å². The molecule has 384 valence electrons. The lowest BCUT2D eigenvalue weighted by molar-refractivity contribution is -0.143. The number of aliphatic imine (C=N–C) groups is 2. The monoisotopic (exact) mass is 979 g/mol. The molecular weight excluding hydrogens is 911 g/mol. The third kappa shape index (κ3) is 61.7. The molecule has 0 aliphatic rings. The Kier molecular flexibility index (Phi) is 48.4. The number of hydrogen-bond donors (Lipinski definition) is 19. The minimum absolute atomic E-state index is 0.0129. The number of carbonyl (C=O) groups is 10. The van der Waals surface area contributed by atoms with Gasteiger partial charge in [0.2, 0.25) is 11.8 Å². The molecule has 0 spiro atoms. The summed E-state index contributed by atoms with van der Waals surface area (Å²) >= 11 is 1.60. The number of nitrogens with zero attached hydrogens (tertiary/aromatic N) is 2. The average Bonchev–Trinajstić information content (AvgIpc) is 3.20. The number of carboxylic acids is 8. The van der Waals surface area contributed by atoms with Gasteiger partial charge in [0.25, 0.3) is 0 Å². The zero-order chi connectivity index (χ0) is 53.1. The highest BCUT2D eigenvalue weighted by molar-refractivity contribution is 7.98. The number of aliphatic carboxylic acids is 8. The van der Waals surface area contributed by atoms with E-state index in [1.54, 1.807) is 11.8 Å². The summed E-state index contributed by atoms with van der Waals surface area (Å²) < 4.78 is 0. The van der Waals surface area contributed by atoms with Gasteiger partial charge in [-0.15, -0.1) is 0 Å². The van der Waals surface area contributed by atoms with Gasteiger partial charge in [0, 0.05) is 39.3 Å². The molecule has 31 nitrogen and oxygen atoms in total. The summed E-state index contributed by atoms with van der Waals surface area (Å²) in [5, 5.41) is 68.5. The van der Waals surface area contributed by atoms with Crippen molar-refractivity contribution in [2.24, 2.45) is 67.3 Å². The van der Waals surface area contributed by atoms with Crippen molar-refractivity contribution in [1.82, 2.24) is 5.32 Å². The van der Waals surface area contributed by atoms with Crippen molar-refractivity contribution in [3.8, 4) is 0 Å². The van der Waals surface area contributed by atoms with Gasteiger partial charge in [-0.1, -0.05) is 0 Å². The SMILES string of the molecule is CC(=O)NC(CCC(=O)O)C(=O)O.CSCCC(N)C(=O)O.NC(=O)CCC(N)C(=O)O.NC(CCC(=O)O)C(=O)O.NC(N)=NCCCC(N)C(=O)O.NC(N)=NCCCC(N)C(=O)O. The van der Waals surface area contributed by atoms with Gasteiger partial charge in [0.1, 0.15) is 36.3 Å². The van der Waals surface area contributed by atoms with Crippen molar-refractivity contribution in [1.29, 1.82) is 0 Å². The third-order valence-electron chi connectivity index (χ3n) is 6.85. The minimum Gasteiger partial charge on any atom is -0.481 e. The van der Waals surface area contributed by atoms with Crippen LogP contribution in [0.2, 0.25) is 0 Å². The van der Waals surface area contributed by atoms with E-state index in [1.807, 2.05) is 6.26 Å².